The first-order valence-electron chi connectivity index (χ1n) is 7.73. The van der Waals surface area contributed by atoms with Gasteiger partial charge < -0.3 is 10.2 Å². The molecular formula is C18H18ClF3N2O. The van der Waals surface area contributed by atoms with E-state index < -0.39 is 11.7 Å². The van der Waals surface area contributed by atoms with Crippen LogP contribution in [0.2, 0.25) is 5.02 Å². The van der Waals surface area contributed by atoms with Gasteiger partial charge >= 0.3 is 6.18 Å². The smallest absolute Gasteiger partial charge is 0.376 e. The second-order valence-electron chi connectivity index (χ2n) is 5.43. The summed E-state index contributed by atoms with van der Waals surface area (Å²) in [5, 5.41) is 2.57. The van der Waals surface area contributed by atoms with Crippen LogP contribution in [-0.4, -0.2) is 23.9 Å². The number of likely N-dealkylation sites (N-methyl/N-ethyl adjacent to an activating group) is 1. The highest BCUT2D eigenvalue weighted by atomic mass is 35.5. The van der Waals surface area contributed by atoms with E-state index in [0.29, 0.717) is 13.1 Å². The standard InChI is InChI=1S/C18H18ClF3N2O/c1-2-24(12-13-6-4-3-5-7-13)17(25)11-23-16-9-8-14(19)10-15(16)18(20,21)22/h3-10,23H,2,11-12H2,1H3. The summed E-state index contributed by atoms with van der Waals surface area (Å²) < 4.78 is 39.2. The highest BCUT2D eigenvalue weighted by Gasteiger charge is 2.33. The van der Waals surface area contributed by atoms with Crippen molar-refractivity contribution in [3.63, 3.8) is 0 Å². The molecule has 0 spiro atoms. The fourth-order valence-corrected chi connectivity index (χ4v) is 2.54. The monoisotopic (exact) mass is 370 g/mol. The van der Waals surface area contributed by atoms with Crippen LogP contribution in [0.15, 0.2) is 48.5 Å². The third-order valence-corrected chi connectivity index (χ3v) is 3.90. The van der Waals surface area contributed by atoms with E-state index in [2.05, 4.69) is 5.32 Å². The fourth-order valence-electron chi connectivity index (χ4n) is 2.37. The molecule has 3 nitrogen and oxygen atoms in total. The normalized spacial score (nSPS) is 11.2. The molecule has 0 aliphatic heterocycles. The largest absolute Gasteiger partial charge is 0.418 e. The maximum absolute atomic E-state index is 13.1. The van der Waals surface area contributed by atoms with Crippen molar-refractivity contribution in [2.24, 2.45) is 0 Å². The summed E-state index contributed by atoms with van der Waals surface area (Å²) in [7, 11) is 0. The number of amides is 1. The van der Waals surface area contributed by atoms with Gasteiger partial charge in [0.25, 0.3) is 0 Å². The van der Waals surface area contributed by atoms with Gasteiger partial charge in [0, 0.05) is 23.8 Å². The lowest BCUT2D eigenvalue weighted by atomic mass is 10.1. The molecule has 0 unspecified atom stereocenters. The van der Waals surface area contributed by atoms with E-state index in [1.165, 1.54) is 12.1 Å². The summed E-state index contributed by atoms with van der Waals surface area (Å²) in [5.74, 6) is -0.283. The molecule has 0 heterocycles. The Kier molecular flexibility index (Phi) is 6.31. The summed E-state index contributed by atoms with van der Waals surface area (Å²) in [6.07, 6.45) is -4.55. The van der Waals surface area contributed by atoms with Crippen molar-refractivity contribution in [2.45, 2.75) is 19.6 Å². The van der Waals surface area contributed by atoms with Crippen LogP contribution in [0.25, 0.3) is 0 Å². The van der Waals surface area contributed by atoms with Crippen molar-refractivity contribution in [3.8, 4) is 0 Å². The van der Waals surface area contributed by atoms with Gasteiger partial charge in [-0.25, -0.2) is 0 Å². The lowest BCUT2D eigenvalue weighted by Crippen LogP contribution is -2.35. The molecule has 134 valence electrons. The highest BCUT2D eigenvalue weighted by Crippen LogP contribution is 2.36. The Bertz CT molecular complexity index is 720. The highest BCUT2D eigenvalue weighted by molar-refractivity contribution is 6.30. The van der Waals surface area contributed by atoms with Gasteiger partial charge in [0.05, 0.1) is 12.1 Å². The quantitative estimate of drug-likeness (QED) is 0.790. The Hall–Kier alpha value is -2.21. The Morgan fingerprint density at radius 3 is 2.44 bits per heavy atom. The zero-order valence-electron chi connectivity index (χ0n) is 13.6. The van der Waals surface area contributed by atoms with Crippen molar-refractivity contribution >= 4 is 23.2 Å². The second-order valence-corrected chi connectivity index (χ2v) is 5.87. The number of benzene rings is 2. The van der Waals surface area contributed by atoms with Crippen molar-refractivity contribution in [1.82, 2.24) is 4.90 Å². The molecule has 25 heavy (non-hydrogen) atoms. The van der Waals surface area contributed by atoms with Gasteiger partial charge in [0.1, 0.15) is 0 Å². The number of nitrogens with zero attached hydrogens (tertiary/aromatic N) is 1. The number of nitrogens with one attached hydrogen (secondary N) is 1. The van der Waals surface area contributed by atoms with E-state index in [1.807, 2.05) is 37.3 Å². The van der Waals surface area contributed by atoms with E-state index in [9.17, 15) is 18.0 Å². The average Bonchev–Trinajstić information content (AvgIpc) is 2.58. The third kappa shape index (κ3) is 5.39. The SMILES string of the molecule is CCN(Cc1ccccc1)C(=O)CNc1ccc(Cl)cc1C(F)(F)F. The lowest BCUT2D eigenvalue weighted by Gasteiger charge is -2.22. The molecule has 2 rings (SSSR count). The molecule has 0 bridgehead atoms. The van der Waals surface area contributed by atoms with Gasteiger partial charge in [-0.05, 0) is 30.7 Å². The molecule has 1 N–H and O–H groups in total. The zero-order valence-corrected chi connectivity index (χ0v) is 14.4. The first-order valence-corrected chi connectivity index (χ1v) is 8.11. The summed E-state index contributed by atoms with van der Waals surface area (Å²) >= 11 is 5.65. The molecule has 0 atom stereocenters. The Morgan fingerprint density at radius 2 is 1.84 bits per heavy atom. The van der Waals surface area contributed by atoms with E-state index in [1.54, 1.807) is 4.90 Å². The molecule has 1 amide bonds. The molecule has 0 aliphatic carbocycles. The van der Waals surface area contributed by atoms with Crippen molar-refractivity contribution in [2.75, 3.05) is 18.4 Å². The summed E-state index contributed by atoms with van der Waals surface area (Å²) in [6.45, 7) is 2.46. The number of rotatable bonds is 6. The number of alkyl halides is 3. The number of anilines is 1. The number of halogens is 4. The van der Waals surface area contributed by atoms with Crippen LogP contribution in [0.3, 0.4) is 0 Å². The van der Waals surface area contributed by atoms with Crippen molar-refractivity contribution in [1.29, 1.82) is 0 Å². The maximum atomic E-state index is 13.1. The van der Waals surface area contributed by atoms with Gasteiger partial charge in [-0.2, -0.15) is 13.2 Å². The predicted molar refractivity (Wildman–Crippen MR) is 92.5 cm³/mol. The summed E-state index contributed by atoms with van der Waals surface area (Å²) in [4.78, 5) is 13.9. The van der Waals surface area contributed by atoms with Gasteiger partial charge in [-0.15, -0.1) is 0 Å². The molecule has 0 radical (unpaired) electrons. The zero-order chi connectivity index (χ0) is 18.4. The van der Waals surface area contributed by atoms with E-state index in [-0.39, 0.29) is 23.2 Å². The molecule has 2 aromatic carbocycles. The minimum absolute atomic E-state index is 0.0107. The maximum Gasteiger partial charge on any atom is 0.418 e. The minimum Gasteiger partial charge on any atom is -0.376 e. The lowest BCUT2D eigenvalue weighted by molar-refractivity contribution is -0.137. The summed E-state index contributed by atoms with van der Waals surface area (Å²) in [6, 6.07) is 12.8. The molecule has 7 heteroatoms. The number of carbonyl (C=O) groups is 1. The second kappa shape index (κ2) is 8.25. The topological polar surface area (TPSA) is 32.3 Å². The fraction of sp³-hybridized carbons (Fsp3) is 0.278. The molecule has 0 saturated carbocycles. The van der Waals surface area contributed by atoms with E-state index in [0.717, 1.165) is 11.6 Å². The molecule has 0 saturated heterocycles. The van der Waals surface area contributed by atoms with Crippen LogP contribution in [0.5, 0.6) is 0 Å². The van der Waals surface area contributed by atoms with Crippen LogP contribution in [0, 0.1) is 0 Å². The predicted octanol–water partition coefficient (Wildman–Crippen LogP) is 4.82. The van der Waals surface area contributed by atoms with Crippen LogP contribution >= 0.6 is 11.6 Å². The van der Waals surface area contributed by atoms with Gasteiger partial charge in [0.2, 0.25) is 5.91 Å². The van der Waals surface area contributed by atoms with Crippen molar-refractivity contribution in [3.05, 3.63) is 64.7 Å². The Morgan fingerprint density at radius 1 is 1.16 bits per heavy atom. The Balaban J connectivity index is 2.06. The Labute approximate surface area is 149 Å². The third-order valence-electron chi connectivity index (χ3n) is 3.67. The van der Waals surface area contributed by atoms with Gasteiger partial charge in [-0.1, -0.05) is 41.9 Å². The molecule has 0 aromatic heterocycles. The molecule has 0 aliphatic rings. The van der Waals surface area contributed by atoms with Crippen LogP contribution in [-0.2, 0) is 17.5 Å². The van der Waals surface area contributed by atoms with Crippen LogP contribution < -0.4 is 5.32 Å². The van der Waals surface area contributed by atoms with E-state index in [4.69, 9.17) is 11.6 Å². The first kappa shape index (κ1) is 19.1. The van der Waals surface area contributed by atoms with Crippen LogP contribution in [0.4, 0.5) is 18.9 Å². The van der Waals surface area contributed by atoms with E-state index >= 15 is 0 Å². The van der Waals surface area contributed by atoms with Gasteiger partial charge in [-0.3, -0.25) is 4.79 Å². The minimum atomic E-state index is -4.55. The molecule has 0 fully saturated rings. The number of carbonyl (C=O) groups excluding carboxylic acids is 1. The van der Waals surface area contributed by atoms with Crippen LogP contribution in [0.1, 0.15) is 18.1 Å². The summed E-state index contributed by atoms with van der Waals surface area (Å²) in [5.41, 5.74) is -0.0971. The van der Waals surface area contributed by atoms with Crippen molar-refractivity contribution < 1.29 is 18.0 Å². The average molecular weight is 371 g/mol. The first-order chi connectivity index (χ1) is 11.8. The number of hydrogen-bond acceptors (Lipinski definition) is 2. The molecular weight excluding hydrogens is 353 g/mol. The number of hydrogen-bond donors (Lipinski definition) is 1. The van der Waals surface area contributed by atoms with Gasteiger partial charge in [0.15, 0.2) is 0 Å². The molecule has 2 aromatic rings.